The summed E-state index contributed by atoms with van der Waals surface area (Å²) in [5, 5.41) is 9.19. The van der Waals surface area contributed by atoms with E-state index in [-0.39, 0.29) is 36.5 Å². The second-order valence-corrected chi connectivity index (χ2v) is 8.53. The van der Waals surface area contributed by atoms with Crippen molar-refractivity contribution in [2.45, 2.75) is 51.4 Å². The molecule has 2 aromatic rings. The Labute approximate surface area is 186 Å². The molecule has 1 fully saturated rings. The zero-order valence-electron chi connectivity index (χ0n) is 18.2. The van der Waals surface area contributed by atoms with E-state index in [0.717, 1.165) is 11.3 Å². The molecule has 0 aliphatic carbocycles. The van der Waals surface area contributed by atoms with Gasteiger partial charge in [-0.2, -0.15) is 0 Å². The smallest absolute Gasteiger partial charge is 0.255 e. The average molecular weight is 439 g/mol. The van der Waals surface area contributed by atoms with E-state index in [2.05, 4.69) is 16.0 Å². The van der Waals surface area contributed by atoms with Crippen LogP contribution in [0, 0.1) is 12.7 Å². The third-order valence-corrected chi connectivity index (χ3v) is 6.27. The number of nitrogens with one attached hydrogen (secondary N) is 3. The van der Waals surface area contributed by atoms with Crippen LogP contribution in [0.4, 0.5) is 10.1 Å². The van der Waals surface area contributed by atoms with Crippen LogP contribution in [-0.2, 0) is 16.1 Å². The first kappa shape index (κ1) is 21.8. The fraction of sp³-hybridized carbons (Fsp3) is 0.375. The van der Waals surface area contributed by atoms with Crippen molar-refractivity contribution in [3.63, 3.8) is 0 Å². The van der Waals surface area contributed by atoms with Crippen LogP contribution in [0.5, 0.6) is 0 Å². The maximum Gasteiger partial charge on any atom is 0.255 e. The van der Waals surface area contributed by atoms with Crippen LogP contribution >= 0.6 is 0 Å². The van der Waals surface area contributed by atoms with Gasteiger partial charge >= 0.3 is 0 Å². The van der Waals surface area contributed by atoms with Crippen molar-refractivity contribution < 1.29 is 18.8 Å². The third-order valence-electron chi connectivity index (χ3n) is 6.27. The van der Waals surface area contributed by atoms with Gasteiger partial charge in [-0.3, -0.25) is 14.4 Å². The van der Waals surface area contributed by atoms with Crippen LogP contribution in [0.15, 0.2) is 42.5 Å². The first-order valence-corrected chi connectivity index (χ1v) is 10.8. The Kier molecular flexibility index (Phi) is 5.86. The van der Waals surface area contributed by atoms with Crippen molar-refractivity contribution in [2.75, 3.05) is 11.9 Å². The lowest BCUT2D eigenvalue weighted by molar-refractivity contribution is -0.139. The van der Waals surface area contributed by atoms with E-state index in [9.17, 15) is 18.8 Å². The maximum absolute atomic E-state index is 13.8. The van der Waals surface area contributed by atoms with Crippen molar-refractivity contribution in [3.8, 4) is 0 Å². The lowest BCUT2D eigenvalue weighted by atomic mass is 9.94. The van der Waals surface area contributed by atoms with Gasteiger partial charge < -0.3 is 20.9 Å². The van der Waals surface area contributed by atoms with Crippen LogP contribution in [0.25, 0.3) is 0 Å². The van der Waals surface area contributed by atoms with Gasteiger partial charge in [0, 0.05) is 37.2 Å². The molecule has 4 rings (SSSR count). The van der Waals surface area contributed by atoms with Gasteiger partial charge in [0.1, 0.15) is 17.5 Å². The Morgan fingerprint density at radius 1 is 1.19 bits per heavy atom. The Hall–Kier alpha value is -3.42. The molecule has 1 spiro atoms. The van der Waals surface area contributed by atoms with Gasteiger partial charge in [0.05, 0.1) is 5.56 Å². The molecule has 1 saturated heterocycles. The fourth-order valence-electron chi connectivity index (χ4n) is 4.33. The van der Waals surface area contributed by atoms with Crippen LogP contribution in [-0.4, -0.2) is 40.9 Å². The number of carbonyl (C=O) groups is 3. The lowest BCUT2D eigenvalue weighted by Gasteiger charge is -2.40. The summed E-state index contributed by atoms with van der Waals surface area (Å²) < 4.78 is 13.8. The van der Waals surface area contributed by atoms with Crippen molar-refractivity contribution in [2.24, 2.45) is 0 Å². The summed E-state index contributed by atoms with van der Waals surface area (Å²) in [6.45, 7) is 3.98. The number of carbonyl (C=O) groups excluding carboxylic acids is 3. The molecule has 2 aromatic carbocycles. The molecule has 7 nitrogen and oxygen atoms in total. The largest absolute Gasteiger partial charge is 0.362 e. The molecular formula is C24H27FN4O3. The van der Waals surface area contributed by atoms with Crippen LogP contribution in [0.1, 0.15) is 47.7 Å². The number of hydrogen-bond acceptors (Lipinski definition) is 4. The van der Waals surface area contributed by atoms with Gasteiger partial charge in [0.25, 0.3) is 5.91 Å². The summed E-state index contributed by atoms with van der Waals surface area (Å²) in [5.41, 5.74) is 2.01. The molecule has 2 aliphatic rings. The number of likely N-dealkylation sites (tertiary alicyclic amines) is 1. The zero-order chi connectivity index (χ0) is 22.9. The number of fused-ring (bicyclic) bond motifs is 1. The molecule has 32 heavy (non-hydrogen) atoms. The minimum absolute atomic E-state index is 0.0512. The number of nitrogens with zero attached hydrogens (tertiary/aromatic N) is 1. The fourth-order valence-corrected chi connectivity index (χ4v) is 4.33. The molecule has 2 heterocycles. The molecule has 0 saturated carbocycles. The zero-order valence-corrected chi connectivity index (χ0v) is 18.2. The van der Waals surface area contributed by atoms with Crippen LogP contribution < -0.4 is 16.0 Å². The third kappa shape index (κ3) is 4.30. The number of anilines is 1. The van der Waals surface area contributed by atoms with Crippen molar-refractivity contribution in [1.82, 2.24) is 15.5 Å². The van der Waals surface area contributed by atoms with Crippen molar-refractivity contribution >= 4 is 23.4 Å². The van der Waals surface area contributed by atoms with E-state index < -0.39 is 11.7 Å². The van der Waals surface area contributed by atoms with E-state index in [1.165, 1.54) is 11.0 Å². The minimum Gasteiger partial charge on any atom is -0.362 e. The second-order valence-electron chi connectivity index (χ2n) is 8.53. The number of aryl methyl sites for hydroxylation is 1. The highest BCUT2D eigenvalue weighted by atomic mass is 19.1. The molecule has 0 aromatic heterocycles. The van der Waals surface area contributed by atoms with E-state index in [4.69, 9.17) is 0 Å². The number of rotatable bonds is 4. The molecule has 168 valence electrons. The summed E-state index contributed by atoms with van der Waals surface area (Å²) in [4.78, 5) is 39.8. The average Bonchev–Trinajstić information content (AvgIpc) is 2.91. The van der Waals surface area contributed by atoms with Crippen molar-refractivity contribution in [3.05, 3.63) is 65.0 Å². The maximum atomic E-state index is 13.8. The Bertz CT molecular complexity index is 1070. The predicted molar refractivity (Wildman–Crippen MR) is 118 cm³/mol. The second kappa shape index (κ2) is 8.61. The standard InChI is InChI=1S/C24H27FN4O3/c1-15-7-8-18-20(13-15)27-24(28-23(18)32)10-9-21(30)29(12-11-24)16(2)22(31)26-14-17-5-3-4-6-19(17)25/h3-8,13,16,27H,9-12,14H2,1-2H3,(H,26,31)(H,28,32). The summed E-state index contributed by atoms with van der Waals surface area (Å²) in [5.74, 6) is -1.06. The molecule has 3 N–H and O–H groups in total. The first-order valence-electron chi connectivity index (χ1n) is 10.8. The molecule has 3 amide bonds. The van der Waals surface area contributed by atoms with Crippen LogP contribution in [0.2, 0.25) is 0 Å². The predicted octanol–water partition coefficient (Wildman–Crippen LogP) is 2.70. The van der Waals surface area contributed by atoms with Gasteiger partial charge in [0.2, 0.25) is 11.8 Å². The first-order chi connectivity index (χ1) is 15.3. The van der Waals surface area contributed by atoms with E-state index in [0.29, 0.717) is 30.5 Å². The van der Waals surface area contributed by atoms with Gasteiger partial charge in [-0.15, -0.1) is 0 Å². The number of amides is 3. The lowest BCUT2D eigenvalue weighted by Crippen LogP contribution is -2.58. The normalized spacial score (nSPS) is 21.3. The summed E-state index contributed by atoms with van der Waals surface area (Å²) in [6.07, 6.45) is 1.08. The minimum atomic E-state index is -0.744. The van der Waals surface area contributed by atoms with Gasteiger partial charge in [-0.1, -0.05) is 24.3 Å². The summed E-state index contributed by atoms with van der Waals surface area (Å²) in [6, 6.07) is 11.1. The SMILES string of the molecule is Cc1ccc2c(c1)NC1(CCC(=O)N(C(C)C(=O)NCc3ccccc3F)CC1)NC2=O. The van der Waals surface area contributed by atoms with E-state index in [1.54, 1.807) is 31.2 Å². The van der Waals surface area contributed by atoms with Crippen molar-refractivity contribution in [1.29, 1.82) is 0 Å². The molecule has 2 unspecified atom stereocenters. The molecular weight excluding hydrogens is 411 g/mol. The molecule has 2 aliphatic heterocycles. The van der Waals surface area contributed by atoms with Crippen LogP contribution in [0.3, 0.4) is 0 Å². The number of hydrogen-bond donors (Lipinski definition) is 3. The van der Waals surface area contributed by atoms with Gasteiger partial charge in [-0.25, -0.2) is 4.39 Å². The highest BCUT2D eigenvalue weighted by molar-refractivity contribution is 6.02. The Morgan fingerprint density at radius 3 is 2.75 bits per heavy atom. The molecule has 8 heteroatoms. The van der Waals surface area contributed by atoms with E-state index in [1.807, 2.05) is 19.1 Å². The van der Waals surface area contributed by atoms with Gasteiger partial charge in [-0.05, 0) is 44.0 Å². The number of benzene rings is 2. The summed E-state index contributed by atoms with van der Waals surface area (Å²) >= 11 is 0. The Balaban J connectivity index is 1.44. The Morgan fingerprint density at radius 2 is 1.97 bits per heavy atom. The number of halogens is 1. The summed E-state index contributed by atoms with van der Waals surface area (Å²) in [7, 11) is 0. The quantitative estimate of drug-likeness (QED) is 0.685. The highest BCUT2D eigenvalue weighted by Gasteiger charge is 2.41. The molecule has 2 atom stereocenters. The topological polar surface area (TPSA) is 90.5 Å². The van der Waals surface area contributed by atoms with Gasteiger partial charge in [0.15, 0.2) is 0 Å². The van der Waals surface area contributed by atoms with E-state index >= 15 is 0 Å². The highest BCUT2D eigenvalue weighted by Crippen LogP contribution is 2.32. The molecule has 0 radical (unpaired) electrons. The molecule has 0 bridgehead atoms. The monoisotopic (exact) mass is 438 g/mol.